The number of rotatable bonds is 7. The van der Waals surface area contributed by atoms with Crippen molar-refractivity contribution in [1.29, 1.82) is 0 Å². The molecule has 1 rings (SSSR count). The zero-order valence-corrected chi connectivity index (χ0v) is 11.0. The molecule has 1 aromatic rings. The van der Waals surface area contributed by atoms with E-state index in [-0.39, 0.29) is 12.1 Å². The Morgan fingerprint density at radius 3 is 2.75 bits per heavy atom. The van der Waals surface area contributed by atoms with Crippen molar-refractivity contribution >= 4 is 11.3 Å². The lowest BCUT2D eigenvalue weighted by Gasteiger charge is -2.24. The minimum atomic E-state index is 0.131. The Labute approximate surface area is 101 Å². The van der Waals surface area contributed by atoms with Crippen LogP contribution in [0.2, 0.25) is 0 Å². The van der Waals surface area contributed by atoms with Crippen LogP contribution in [0.25, 0.3) is 0 Å². The standard InChI is InChI=1S/C11H21N3OS/c1-4-11(15-5-2)10(14-12)6-9-7-16-8(3)13-9/h7,10-11,14H,4-6,12H2,1-3H3. The molecule has 1 aromatic heterocycles. The molecule has 0 aliphatic heterocycles. The second kappa shape index (κ2) is 6.96. The van der Waals surface area contributed by atoms with E-state index in [1.165, 1.54) is 0 Å². The molecule has 2 atom stereocenters. The number of ether oxygens (including phenoxy) is 1. The molecule has 3 N–H and O–H groups in total. The van der Waals surface area contributed by atoms with Crippen LogP contribution in [0, 0.1) is 6.92 Å². The average Bonchev–Trinajstić information content (AvgIpc) is 2.69. The molecule has 0 aromatic carbocycles. The van der Waals surface area contributed by atoms with Gasteiger partial charge < -0.3 is 4.74 Å². The zero-order chi connectivity index (χ0) is 12.0. The molecule has 0 fully saturated rings. The second-order valence-corrected chi connectivity index (χ2v) is 4.80. The van der Waals surface area contributed by atoms with Crippen LogP contribution in [-0.4, -0.2) is 23.7 Å². The van der Waals surface area contributed by atoms with Crippen molar-refractivity contribution in [2.75, 3.05) is 6.61 Å². The summed E-state index contributed by atoms with van der Waals surface area (Å²) in [5, 5.41) is 3.17. The monoisotopic (exact) mass is 243 g/mol. The van der Waals surface area contributed by atoms with Crippen molar-refractivity contribution in [1.82, 2.24) is 10.4 Å². The van der Waals surface area contributed by atoms with E-state index in [0.29, 0.717) is 6.61 Å². The van der Waals surface area contributed by atoms with Crippen LogP contribution in [0.1, 0.15) is 31.0 Å². The van der Waals surface area contributed by atoms with E-state index in [9.17, 15) is 0 Å². The maximum Gasteiger partial charge on any atom is 0.0897 e. The molecule has 0 radical (unpaired) electrons. The first-order chi connectivity index (χ1) is 7.71. The molecule has 92 valence electrons. The third-order valence-corrected chi connectivity index (χ3v) is 3.36. The number of thiazole rings is 1. The summed E-state index contributed by atoms with van der Waals surface area (Å²) in [6, 6.07) is 0.131. The minimum Gasteiger partial charge on any atom is -0.377 e. The molecule has 0 bridgehead atoms. The van der Waals surface area contributed by atoms with E-state index in [0.717, 1.165) is 23.5 Å². The highest BCUT2D eigenvalue weighted by Gasteiger charge is 2.20. The Morgan fingerprint density at radius 1 is 1.56 bits per heavy atom. The van der Waals surface area contributed by atoms with Crippen LogP contribution in [0.4, 0.5) is 0 Å². The van der Waals surface area contributed by atoms with Crippen LogP contribution in [0.15, 0.2) is 5.38 Å². The molecule has 0 aliphatic rings. The molecule has 0 amide bonds. The number of nitrogens with two attached hydrogens (primary N) is 1. The average molecular weight is 243 g/mol. The normalized spacial score (nSPS) is 15.0. The fourth-order valence-electron chi connectivity index (χ4n) is 1.76. The molecule has 4 nitrogen and oxygen atoms in total. The predicted molar refractivity (Wildman–Crippen MR) is 67.4 cm³/mol. The smallest absolute Gasteiger partial charge is 0.0897 e. The molecular weight excluding hydrogens is 222 g/mol. The van der Waals surface area contributed by atoms with E-state index in [4.69, 9.17) is 10.6 Å². The van der Waals surface area contributed by atoms with Crippen molar-refractivity contribution in [3.63, 3.8) is 0 Å². The number of hydrazine groups is 1. The fourth-order valence-corrected chi connectivity index (χ4v) is 2.38. The van der Waals surface area contributed by atoms with Crippen LogP contribution in [0.5, 0.6) is 0 Å². The highest BCUT2D eigenvalue weighted by Crippen LogP contribution is 2.13. The highest BCUT2D eigenvalue weighted by atomic mass is 32.1. The van der Waals surface area contributed by atoms with Crippen LogP contribution >= 0.6 is 11.3 Å². The van der Waals surface area contributed by atoms with Gasteiger partial charge in [0, 0.05) is 18.4 Å². The molecule has 2 unspecified atom stereocenters. The van der Waals surface area contributed by atoms with E-state index >= 15 is 0 Å². The molecule has 5 heteroatoms. The molecule has 0 spiro atoms. The summed E-state index contributed by atoms with van der Waals surface area (Å²) in [7, 11) is 0. The SMILES string of the molecule is CCOC(CC)C(Cc1csc(C)n1)NN. The summed E-state index contributed by atoms with van der Waals surface area (Å²) < 4.78 is 5.66. The summed E-state index contributed by atoms with van der Waals surface area (Å²) in [4.78, 5) is 4.44. The van der Waals surface area contributed by atoms with Gasteiger partial charge in [-0.15, -0.1) is 11.3 Å². The van der Waals surface area contributed by atoms with Gasteiger partial charge in [0.25, 0.3) is 0 Å². The Bertz CT molecular complexity index is 303. The van der Waals surface area contributed by atoms with Gasteiger partial charge in [-0.05, 0) is 20.3 Å². The quantitative estimate of drug-likeness (QED) is 0.564. The Balaban J connectivity index is 2.59. The largest absolute Gasteiger partial charge is 0.377 e. The van der Waals surface area contributed by atoms with E-state index in [1.807, 2.05) is 13.8 Å². The maximum absolute atomic E-state index is 5.66. The molecule has 1 heterocycles. The van der Waals surface area contributed by atoms with Gasteiger partial charge in [-0.25, -0.2) is 4.98 Å². The third kappa shape index (κ3) is 3.83. The summed E-state index contributed by atoms with van der Waals surface area (Å²) >= 11 is 1.67. The van der Waals surface area contributed by atoms with E-state index < -0.39 is 0 Å². The Morgan fingerprint density at radius 2 is 2.31 bits per heavy atom. The van der Waals surface area contributed by atoms with Crippen molar-refractivity contribution in [3.8, 4) is 0 Å². The summed E-state index contributed by atoms with van der Waals surface area (Å²) in [5.74, 6) is 5.58. The lowest BCUT2D eigenvalue weighted by atomic mass is 10.0. The number of nitrogens with one attached hydrogen (secondary N) is 1. The number of hydrogen-bond donors (Lipinski definition) is 2. The molecule has 0 aliphatic carbocycles. The summed E-state index contributed by atoms with van der Waals surface area (Å²) in [6.45, 7) is 6.84. The van der Waals surface area contributed by atoms with Crippen molar-refractivity contribution in [2.45, 2.75) is 45.8 Å². The Hall–Kier alpha value is -0.490. The third-order valence-electron chi connectivity index (χ3n) is 2.54. The van der Waals surface area contributed by atoms with Crippen LogP contribution < -0.4 is 11.3 Å². The first kappa shape index (κ1) is 13.6. The van der Waals surface area contributed by atoms with Crippen molar-refractivity contribution in [2.24, 2.45) is 5.84 Å². The number of hydrogen-bond acceptors (Lipinski definition) is 5. The molecule has 16 heavy (non-hydrogen) atoms. The van der Waals surface area contributed by atoms with Gasteiger partial charge in [-0.1, -0.05) is 6.92 Å². The van der Waals surface area contributed by atoms with Gasteiger partial charge in [0.05, 0.1) is 22.8 Å². The predicted octanol–water partition coefficient (Wildman–Crippen LogP) is 1.64. The topological polar surface area (TPSA) is 60.2 Å². The van der Waals surface area contributed by atoms with Gasteiger partial charge >= 0.3 is 0 Å². The lowest BCUT2D eigenvalue weighted by Crippen LogP contribution is -2.46. The highest BCUT2D eigenvalue weighted by molar-refractivity contribution is 7.09. The molecule has 0 saturated heterocycles. The Kier molecular flexibility index (Phi) is 5.90. The molecule has 0 saturated carbocycles. The van der Waals surface area contributed by atoms with E-state index in [1.54, 1.807) is 11.3 Å². The van der Waals surface area contributed by atoms with Gasteiger partial charge in [0.15, 0.2) is 0 Å². The summed E-state index contributed by atoms with van der Waals surface area (Å²) in [5.41, 5.74) is 3.92. The second-order valence-electron chi connectivity index (χ2n) is 3.74. The van der Waals surface area contributed by atoms with Crippen LogP contribution in [-0.2, 0) is 11.2 Å². The fraction of sp³-hybridized carbons (Fsp3) is 0.727. The van der Waals surface area contributed by atoms with Crippen LogP contribution in [0.3, 0.4) is 0 Å². The van der Waals surface area contributed by atoms with Gasteiger partial charge in [0.1, 0.15) is 0 Å². The van der Waals surface area contributed by atoms with Crippen molar-refractivity contribution < 1.29 is 4.74 Å². The van der Waals surface area contributed by atoms with Gasteiger partial charge in [-0.3, -0.25) is 11.3 Å². The first-order valence-electron chi connectivity index (χ1n) is 5.70. The summed E-state index contributed by atoms with van der Waals surface area (Å²) in [6.07, 6.45) is 1.92. The number of aromatic nitrogens is 1. The first-order valence-corrected chi connectivity index (χ1v) is 6.57. The zero-order valence-electron chi connectivity index (χ0n) is 10.2. The van der Waals surface area contributed by atoms with Gasteiger partial charge in [-0.2, -0.15) is 0 Å². The van der Waals surface area contributed by atoms with Crippen molar-refractivity contribution in [3.05, 3.63) is 16.1 Å². The molecular formula is C11H21N3OS. The van der Waals surface area contributed by atoms with Gasteiger partial charge in [0.2, 0.25) is 0 Å². The minimum absolute atomic E-state index is 0.131. The van der Waals surface area contributed by atoms with E-state index in [2.05, 4.69) is 22.7 Å². The number of nitrogens with zero attached hydrogens (tertiary/aromatic N) is 1. The number of aryl methyl sites for hydroxylation is 1. The lowest BCUT2D eigenvalue weighted by molar-refractivity contribution is 0.0317. The maximum atomic E-state index is 5.66.